The largest absolute Gasteiger partial charge is 0.573 e. The van der Waals surface area contributed by atoms with Crippen molar-refractivity contribution in [3.8, 4) is 17.0 Å². The molecule has 1 atom stereocenters. The molecule has 11 heteroatoms. The summed E-state index contributed by atoms with van der Waals surface area (Å²) in [6, 6.07) is 13.1. The van der Waals surface area contributed by atoms with Gasteiger partial charge < -0.3 is 20.7 Å². The second-order valence-corrected chi connectivity index (χ2v) is 10.2. The minimum atomic E-state index is -4.87. The quantitative estimate of drug-likeness (QED) is 0.534. The van der Waals surface area contributed by atoms with Crippen molar-refractivity contribution in [3.05, 3.63) is 59.9 Å². The molecule has 3 aliphatic rings. The first kappa shape index (κ1) is 23.6. The molecule has 4 heterocycles. The number of hydrogen-bond donors (Lipinski definition) is 2. The Morgan fingerprint density at radius 1 is 1.08 bits per heavy atom. The molecule has 2 amide bonds. The van der Waals surface area contributed by atoms with Gasteiger partial charge in [-0.25, -0.2) is 9.78 Å². The van der Waals surface area contributed by atoms with E-state index in [1.165, 1.54) is 12.3 Å². The highest BCUT2D eigenvalue weighted by atomic mass is 19.4. The molecule has 0 unspecified atom stereocenters. The minimum absolute atomic E-state index is 0.0599. The molecule has 2 fully saturated rings. The summed E-state index contributed by atoms with van der Waals surface area (Å²) < 4.78 is 44.2. The fourth-order valence-corrected chi connectivity index (χ4v) is 5.92. The Bertz CT molecular complexity index is 1340. The second kappa shape index (κ2) is 8.39. The number of urea groups is 1. The van der Waals surface area contributed by atoms with Crippen molar-refractivity contribution in [2.24, 2.45) is 0 Å². The molecular formula is C26H27F3N6O2. The normalized spacial score (nSPS) is 22.1. The van der Waals surface area contributed by atoms with E-state index in [0.717, 1.165) is 43.4 Å². The van der Waals surface area contributed by atoms with E-state index < -0.39 is 12.1 Å². The number of amides is 2. The molecule has 2 aliphatic heterocycles. The highest BCUT2D eigenvalue weighted by molar-refractivity contribution is 5.76. The molecule has 1 aromatic carbocycles. The molecular weight excluding hydrogens is 485 g/mol. The van der Waals surface area contributed by atoms with Crippen LogP contribution in [0, 0.1) is 0 Å². The van der Waals surface area contributed by atoms with E-state index in [9.17, 15) is 18.0 Å². The third kappa shape index (κ3) is 4.15. The minimum Gasteiger partial charge on any atom is -0.402 e. The molecule has 1 saturated carbocycles. The lowest BCUT2D eigenvalue weighted by Crippen LogP contribution is -2.54. The number of halogens is 3. The molecule has 37 heavy (non-hydrogen) atoms. The van der Waals surface area contributed by atoms with Crippen LogP contribution in [0.2, 0.25) is 0 Å². The number of carbonyl (C=O) groups is 1. The zero-order valence-electron chi connectivity index (χ0n) is 20.1. The number of aryl methyl sites for hydroxylation is 1. The van der Waals surface area contributed by atoms with Crippen molar-refractivity contribution in [1.29, 1.82) is 0 Å². The highest BCUT2D eigenvalue weighted by Crippen LogP contribution is 2.45. The molecule has 6 rings (SSSR count). The van der Waals surface area contributed by atoms with Gasteiger partial charge in [-0.15, -0.1) is 13.2 Å². The number of nitrogens with one attached hydrogen (secondary N) is 1. The number of anilines is 1. The van der Waals surface area contributed by atoms with Crippen LogP contribution in [0.3, 0.4) is 0 Å². The van der Waals surface area contributed by atoms with Gasteiger partial charge in [0.15, 0.2) is 11.6 Å². The molecule has 0 radical (unpaired) electrons. The van der Waals surface area contributed by atoms with Crippen LogP contribution in [0.15, 0.2) is 48.7 Å². The third-order valence-corrected chi connectivity index (χ3v) is 8.05. The number of carbonyl (C=O) groups excluding carboxylic acids is 1. The number of pyridine rings is 1. The van der Waals surface area contributed by atoms with Crippen LogP contribution < -0.4 is 15.8 Å². The number of fused-ring (bicyclic) bond motifs is 2. The molecule has 3 aromatic rings. The SMILES string of the molecule is Nc1ncc(-c2cc3n(n2)CC[C@@]32CCN(C(=O)NC3(c4ccccc4)CCC3)C2)cc1OC(F)(F)F. The van der Waals surface area contributed by atoms with Crippen molar-refractivity contribution in [2.75, 3.05) is 18.8 Å². The summed E-state index contributed by atoms with van der Waals surface area (Å²) in [5.74, 6) is -0.901. The van der Waals surface area contributed by atoms with Gasteiger partial charge in [-0.3, -0.25) is 4.68 Å². The molecule has 1 aliphatic carbocycles. The van der Waals surface area contributed by atoms with Gasteiger partial charge >= 0.3 is 12.4 Å². The summed E-state index contributed by atoms with van der Waals surface area (Å²) in [6.07, 6.45) is 1.09. The lowest BCUT2D eigenvalue weighted by atomic mass is 9.72. The third-order valence-electron chi connectivity index (χ3n) is 8.05. The number of hydrogen-bond acceptors (Lipinski definition) is 5. The molecule has 1 saturated heterocycles. The Balaban J connectivity index is 1.20. The van der Waals surface area contributed by atoms with Crippen molar-refractivity contribution < 1.29 is 22.7 Å². The predicted octanol–water partition coefficient (Wildman–Crippen LogP) is 4.56. The van der Waals surface area contributed by atoms with E-state index in [4.69, 9.17) is 5.73 Å². The summed E-state index contributed by atoms with van der Waals surface area (Å²) >= 11 is 0. The summed E-state index contributed by atoms with van der Waals surface area (Å²) in [4.78, 5) is 19.1. The predicted molar refractivity (Wildman–Crippen MR) is 130 cm³/mol. The van der Waals surface area contributed by atoms with Gasteiger partial charge in [0, 0.05) is 42.5 Å². The smallest absolute Gasteiger partial charge is 0.402 e. The molecule has 1 spiro atoms. The number of ether oxygens (including phenoxy) is 1. The Labute approximate surface area is 211 Å². The summed E-state index contributed by atoms with van der Waals surface area (Å²) in [6.45, 7) is 1.87. The maximum absolute atomic E-state index is 13.4. The standard InChI is InChI=1S/C26H27F3N6O2/c27-26(28,29)37-20-13-17(15-31-22(20)30)19-14-21-24(10-12-35(21)33-19)9-11-34(16-24)23(36)32-25(7-4-8-25)18-5-2-1-3-6-18/h1-3,5-6,13-15H,4,7-12,16H2,(H2,30,31)(H,32,36)/t24-/m1/s1. The molecule has 8 nitrogen and oxygen atoms in total. The Morgan fingerprint density at radius 3 is 2.54 bits per heavy atom. The zero-order valence-corrected chi connectivity index (χ0v) is 20.1. The molecule has 3 N–H and O–H groups in total. The maximum atomic E-state index is 13.4. The second-order valence-electron chi connectivity index (χ2n) is 10.2. The number of nitrogen functional groups attached to an aromatic ring is 1. The van der Waals surface area contributed by atoms with Crippen molar-refractivity contribution in [1.82, 2.24) is 25.0 Å². The van der Waals surface area contributed by atoms with E-state index in [-0.39, 0.29) is 22.8 Å². The van der Waals surface area contributed by atoms with Crippen molar-refractivity contribution in [2.45, 2.75) is 56.0 Å². The van der Waals surface area contributed by atoms with E-state index in [1.54, 1.807) is 0 Å². The van der Waals surface area contributed by atoms with Crippen LogP contribution in [0.1, 0.15) is 43.4 Å². The van der Waals surface area contributed by atoms with Crippen LogP contribution in [0.25, 0.3) is 11.3 Å². The lowest BCUT2D eigenvalue weighted by Gasteiger charge is -2.44. The lowest BCUT2D eigenvalue weighted by molar-refractivity contribution is -0.274. The summed E-state index contributed by atoms with van der Waals surface area (Å²) in [7, 11) is 0. The van der Waals surface area contributed by atoms with Crippen molar-refractivity contribution in [3.63, 3.8) is 0 Å². The average Bonchev–Trinajstić information content (AvgIpc) is 3.54. The van der Waals surface area contributed by atoms with Gasteiger partial charge in [0.2, 0.25) is 0 Å². The zero-order chi connectivity index (χ0) is 25.8. The number of nitrogens with zero attached hydrogens (tertiary/aromatic N) is 4. The molecule has 194 valence electrons. The van der Waals surface area contributed by atoms with E-state index in [2.05, 4.69) is 32.3 Å². The topological polar surface area (TPSA) is 98.3 Å². The van der Waals surface area contributed by atoms with Gasteiger partial charge in [0.05, 0.1) is 11.2 Å². The number of benzene rings is 1. The fourth-order valence-electron chi connectivity index (χ4n) is 5.92. The molecule has 0 bridgehead atoms. The monoisotopic (exact) mass is 512 g/mol. The first-order valence-corrected chi connectivity index (χ1v) is 12.4. The van der Waals surface area contributed by atoms with Gasteiger partial charge in [0.25, 0.3) is 0 Å². The van der Waals surface area contributed by atoms with E-state index in [0.29, 0.717) is 30.9 Å². The van der Waals surface area contributed by atoms with Gasteiger partial charge in [-0.05, 0) is 49.8 Å². The average molecular weight is 513 g/mol. The first-order chi connectivity index (χ1) is 17.7. The van der Waals surface area contributed by atoms with Crippen molar-refractivity contribution >= 4 is 11.8 Å². The van der Waals surface area contributed by atoms with Crippen LogP contribution in [-0.4, -0.2) is 45.1 Å². The summed E-state index contributed by atoms with van der Waals surface area (Å²) in [5.41, 5.74) is 8.02. The number of nitrogens with two attached hydrogens (primary N) is 1. The van der Waals surface area contributed by atoms with E-state index >= 15 is 0 Å². The number of aromatic nitrogens is 3. The number of likely N-dealkylation sites (tertiary alicyclic amines) is 1. The maximum Gasteiger partial charge on any atom is 0.573 e. The first-order valence-electron chi connectivity index (χ1n) is 12.4. The van der Waals surface area contributed by atoms with Gasteiger partial charge in [-0.2, -0.15) is 5.10 Å². The Morgan fingerprint density at radius 2 is 1.84 bits per heavy atom. The number of rotatable bonds is 4. The van der Waals surface area contributed by atoms with Crippen LogP contribution >= 0.6 is 0 Å². The van der Waals surface area contributed by atoms with Gasteiger partial charge in [0.1, 0.15) is 0 Å². The van der Waals surface area contributed by atoms with Crippen LogP contribution in [0.5, 0.6) is 5.75 Å². The van der Waals surface area contributed by atoms with Crippen LogP contribution in [0.4, 0.5) is 23.8 Å². The van der Waals surface area contributed by atoms with Crippen LogP contribution in [-0.2, 0) is 17.5 Å². The van der Waals surface area contributed by atoms with E-state index in [1.807, 2.05) is 33.8 Å². The summed E-state index contributed by atoms with van der Waals surface area (Å²) in [5, 5.41) is 7.94. The molecule has 2 aromatic heterocycles. The fraction of sp³-hybridized carbons (Fsp3) is 0.423. The Kier molecular flexibility index (Phi) is 5.36. The highest BCUT2D eigenvalue weighted by Gasteiger charge is 2.48. The Hall–Kier alpha value is -3.76. The number of alkyl halides is 3. The van der Waals surface area contributed by atoms with Gasteiger partial charge in [-0.1, -0.05) is 30.3 Å².